The summed E-state index contributed by atoms with van der Waals surface area (Å²) in [4.78, 5) is 2.37. The predicted molar refractivity (Wildman–Crippen MR) is 72.3 cm³/mol. The summed E-state index contributed by atoms with van der Waals surface area (Å²) in [5, 5.41) is 0.898. The van der Waals surface area contributed by atoms with Crippen molar-refractivity contribution in [2.75, 3.05) is 36.5 Å². The van der Waals surface area contributed by atoms with Crippen molar-refractivity contribution in [2.45, 2.75) is 0 Å². The number of nitrogens with zero attached hydrogens (tertiary/aromatic N) is 1. The zero-order valence-electron chi connectivity index (χ0n) is 9.23. The van der Waals surface area contributed by atoms with Gasteiger partial charge in [-0.15, -0.1) is 0 Å². The second kappa shape index (κ2) is 6.06. The van der Waals surface area contributed by atoms with E-state index in [1.54, 1.807) is 0 Å². The Morgan fingerprint density at radius 3 is 2.88 bits per heavy atom. The molecule has 1 saturated heterocycles. The van der Waals surface area contributed by atoms with Crippen LogP contribution >= 0.6 is 15.9 Å². The molecule has 0 spiro atoms. The summed E-state index contributed by atoms with van der Waals surface area (Å²) < 4.78 is 5.35. The Kier molecular flexibility index (Phi) is 4.43. The molecule has 0 atom stereocenters. The van der Waals surface area contributed by atoms with Crippen LogP contribution in [0.25, 0.3) is 6.08 Å². The average Bonchev–Trinajstić information content (AvgIpc) is 2.38. The summed E-state index contributed by atoms with van der Waals surface area (Å²) in [6.07, 6.45) is 4.25. The third-order valence-electron chi connectivity index (χ3n) is 2.65. The first kappa shape index (κ1) is 11.7. The smallest absolute Gasteiger partial charge is 0.0642 e. The van der Waals surface area contributed by atoms with E-state index in [-0.39, 0.29) is 0 Å². The molecule has 86 valence electrons. The maximum atomic E-state index is 5.35. The predicted octanol–water partition coefficient (Wildman–Crippen LogP) is 2.93. The SMILES string of the molecule is BrCC=Cc1cccc(N2CCOCC2)c1. The van der Waals surface area contributed by atoms with E-state index in [0.29, 0.717) is 0 Å². The molecule has 0 aromatic heterocycles. The fraction of sp³-hybridized carbons (Fsp3) is 0.385. The Morgan fingerprint density at radius 2 is 2.12 bits per heavy atom. The van der Waals surface area contributed by atoms with Crippen LogP contribution in [-0.2, 0) is 4.74 Å². The average molecular weight is 282 g/mol. The van der Waals surface area contributed by atoms with Gasteiger partial charge in [0.05, 0.1) is 13.2 Å². The van der Waals surface area contributed by atoms with Crippen LogP contribution in [0.4, 0.5) is 5.69 Å². The van der Waals surface area contributed by atoms with Crippen molar-refractivity contribution < 1.29 is 4.74 Å². The second-order valence-electron chi connectivity index (χ2n) is 3.75. The molecule has 0 bridgehead atoms. The van der Waals surface area contributed by atoms with Crippen LogP contribution in [0.15, 0.2) is 30.3 Å². The van der Waals surface area contributed by atoms with Crippen LogP contribution in [-0.4, -0.2) is 31.6 Å². The van der Waals surface area contributed by atoms with Crippen LogP contribution in [0, 0.1) is 0 Å². The van der Waals surface area contributed by atoms with Gasteiger partial charge in [-0.3, -0.25) is 0 Å². The lowest BCUT2D eigenvalue weighted by Gasteiger charge is -2.29. The molecule has 0 unspecified atom stereocenters. The quantitative estimate of drug-likeness (QED) is 0.790. The number of anilines is 1. The van der Waals surface area contributed by atoms with E-state index in [1.165, 1.54) is 11.3 Å². The van der Waals surface area contributed by atoms with Gasteiger partial charge in [-0.25, -0.2) is 0 Å². The molecule has 2 nitrogen and oxygen atoms in total. The number of alkyl halides is 1. The Morgan fingerprint density at radius 1 is 1.31 bits per heavy atom. The molecule has 1 aromatic rings. The van der Waals surface area contributed by atoms with Crippen molar-refractivity contribution in [2.24, 2.45) is 0 Å². The first-order valence-corrected chi connectivity index (χ1v) is 6.67. The van der Waals surface area contributed by atoms with Crippen molar-refractivity contribution in [3.63, 3.8) is 0 Å². The first-order chi connectivity index (χ1) is 7.90. The minimum atomic E-state index is 0.835. The number of allylic oxidation sites excluding steroid dienone is 1. The second-order valence-corrected chi connectivity index (χ2v) is 4.40. The minimum Gasteiger partial charge on any atom is -0.378 e. The van der Waals surface area contributed by atoms with E-state index in [4.69, 9.17) is 4.74 Å². The molecule has 1 fully saturated rings. The van der Waals surface area contributed by atoms with E-state index >= 15 is 0 Å². The van der Waals surface area contributed by atoms with E-state index in [1.807, 2.05) is 0 Å². The van der Waals surface area contributed by atoms with Gasteiger partial charge >= 0.3 is 0 Å². The number of ether oxygens (including phenoxy) is 1. The molecule has 1 aliphatic rings. The highest BCUT2D eigenvalue weighted by molar-refractivity contribution is 9.09. The van der Waals surface area contributed by atoms with E-state index in [0.717, 1.165) is 31.6 Å². The zero-order chi connectivity index (χ0) is 11.2. The zero-order valence-corrected chi connectivity index (χ0v) is 10.8. The monoisotopic (exact) mass is 281 g/mol. The number of morpholine rings is 1. The van der Waals surface area contributed by atoms with Gasteiger partial charge in [0.2, 0.25) is 0 Å². The summed E-state index contributed by atoms with van der Waals surface area (Å²) in [7, 11) is 0. The van der Waals surface area contributed by atoms with Crippen molar-refractivity contribution in [3.05, 3.63) is 35.9 Å². The number of halogens is 1. The fourth-order valence-electron chi connectivity index (χ4n) is 1.83. The summed E-state index contributed by atoms with van der Waals surface area (Å²) in [5.74, 6) is 0. The van der Waals surface area contributed by atoms with E-state index in [2.05, 4.69) is 57.2 Å². The Labute approximate surface area is 105 Å². The van der Waals surface area contributed by atoms with Crippen molar-refractivity contribution >= 4 is 27.7 Å². The summed E-state index contributed by atoms with van der Waals surface area (Å²) in [5.41, 5.74) is 2.54. The van der Waals surface area contributed by atoms with Gasteiger partial charge in [0.25, 0.3) is 0 Å². The standard InChI is InChI=1S/C13H16BrNO/c14-6-2-4-12-3-1-5-13(11-12)15-7-9-16-10-8-15/h1-5,11H,6-10H2. The molecule has 1 heterocycles. The molecule has 1 aliphatic heterocycles. The summed E-state index contributed by atoms with van der Waals surface area (Å²) in [6, 6.07) is 8.63. The maximum absolute atomic E-state index is 5.35. The summed E-state index contributed by atoms with van der Waals surface area (Å²) >= 11 is 3.39. The Hall–Kier alpha value is -0.800. The van der Waals surface area contributed by atoms with Crippen LogP contribution in [0.5, 0.6) is 0 Å². The van der Waals surface area contributed by atoms with Gasteiger partial charge in [-0.2, -0.15) is 0 Å². The summed E-state index contributed by atoms with van der Waals surface area (Å²) in [6.45, 7) is 3.65. The van der Waals surface area contributed by atoms with Gasteiger partial charge in [-0.1, -0.05) is 40.2 Å². The molecule has 0 saturated carbocycles. The number of hydrogen-bond donors (Lipinski definition) is 0. The van der Waals surface area contributed by atoms with E-state index in [9.17, 15) is 0 Å². The Balaban J connectivity index is 2.11. The number of hydrogen-bond acceptors (Lipinski definition) is 2. The van der Waals surface area contributed by atoms with Crippen LogP contribution in [0.2, 0.25) is 0 Å². The van der Waals surface area contributed by atoms with Gasteiger partial charge in [0, 0.05) is 24.1 Å². The normalized spacial score (nSPS) is 16.9. The largest absolute Gasteiger partial charge is 0.378 e. The lowest BCUT2D eigenvalue weighted by Crippen LogP contribution is -2.36. The first-order valence-electron chi connectivity index (χ1n) is 5.55. The highest BCUT2D eigenvalue weighted by Gasteiger charge is 2.10. The van der Waals surface area contributed by atoms with Gasteiger partial charge in [-0.05, 0) is 17.7 Å². The lowest BCUT2D eigenvalue weighted by atomic mass is 10.1. The molecule has 2 rings (SSSR count). The molecule has 0 amide bonds. The molecule has 16 heavy (non-hydrogen) atoms. The fourth-order valence-corrected chi connectivity index (χ4v) is 2.01. The highest BCUT2D eigenvalue weighted by atomic mass is 79.9. The molecule has 0 radical (unpaired) electrons. The van der Waals surface area contributed by atoms with Crippen LogP contribution in [0.1, 0.15) is 5.56 Å². The van der Waals surface area contributed by atoms with Crippen LogP contribution < -0.4 is 4.90 Å². The topological polar surface area (TPSA) is 12.5 Å². The minimum absolute atomic E-state index is 0.835. The van der Waals surface area contributed by atoms with Crippen LogP contribution in [0.3, 0.4) is 0 Å². The third-order valence-corrected chi connectivity index (χ3v) is 3.02. The van der Waals surface area contributed by atoms with Gasteiger partial charge in [0.1, 0.15) is 0 Å². The Bertz CT molecular complexity index is 359. The van der Waals surface area contributed by atoms with E-state index < -0.39 is 0 Å². The van der Waals surface area contributed by atoms with Crippen molar-refractivity contribution in [1.82, 2.24) is 0 Å². The lowest BCUT2D eigenvalue weighted by molar-refractivity contribution is 0.122. The van der Waals surface area contributed by atoms with Crippen molar-refractivity contribution in [1.29, 1.82) is 0 Å². The third kappa shape index (κ3) is 3.09. The van der Waals surface area contributed by atoms with Gasteiger partial charge < -0.3 is 9.64 Å². The molecule has 0 aliphatic carbocycles. The molecule has 0 N–H and O–H groups in total. The highest BCUT2D eigenvalue weighted by Crippen LogP contribution is 2.18. The molecular formula is C13H16BrNO. The van der Waals surface area contributed by atoms with Gasteiger partial charge in [0.15, 0.2) is 0 Å². The number of rotatable bonds is 3. The van der Waals surface area contributed by atoms with Crippen molar-refractivity contribution in [3.8, 4) is 0 Å². The number of benzene rings is 1. The molecule has 1 aromatic carbocycles. The molecular weight excluding hydrogens is 266 g/mol. The molecule has 3 heteroatoms. The maximum Gasteiger partial charge on any atom is 0.0642 e.